The molecule has 1 aliphatic heterocycles. The summed E-state index contributed by atoms with van der Waals surface area (Å²) in [7, 11) is 0. The van der Waals surface area contributed by atoms with E-state index in [1.807, 2.05) is 0 Å². The third kappa shape index (κ3) is 2.32. The van der Waals surface area contributed by atoms with Crippen molar-refractivity contribution < 1.29 is 4.79 Å². The van der Waals surface area contributed by atoms with Gasteiger partial charge in [-0.15, -0.1) is 0 Å². The summed E-state index contributed by atoms with van der Waals surface area (Å²) in [6.45, 7) is 5.44. The van der Waals surface area contributed by atoms with Gasteiger partial charge in [-0.1, -0.05) is 26.2 Å². The summed E-state index contributed by atoms with van der Waals surface area (Å²) in [5.74, 6) is 1.93. The van der Waals surface area contributed by atoms with Crippen LogP contribution in [-0.4, -0.2) is 18.4 Å². The average Bonchev–Trinajstić information content (AvgIpc) is 2.74. The zero-order valence-corrected chi connectivity index (χ0v) is 10.7. The van der Waals surface area contributed by atoms with Gasteiger partial charge in [0.1, 0.15) is 5.78 Å². The summed E-state index contributed by atoms with van der Waals surface area (Å²) in [5.41, 5.74) is 0. The van der Waals surface area contributed by atoms with Gasteiger partial charge in [0, 0.05) is 17.9 Å². The van der Waals surface area contributed by atoms with Crippen LogP contribution in [0.4, 0.5) is 0 Å². The van der Waals surface area contributed by atoms with Gasteiger partial charge >= 0.3 is 0 Å². The van der Waals surface area contributed by atoms with E-state index >= 15 is 0 Å². The number of nitrogens with one attached hydrogen (secondary N) is 1. The van der Waals surface area contributed by atoms with Crippen LogP contribution >= 0.6 is 0 Å². The van der Waals surface area contributed by atoms with E-state index in [-0.39, 0.29) is 0 Å². The van der Waals surface area contributed by atoms with E-state index in [0.717, 1.165) is 19.4 Å². The Balaban J connectivity index is 2.01. The van der Waals surface area contributed by atoms with Gasteiger partial charge in [-0.25, -0.2) is 0 Å². The molecule has 4 unspecified atom stereocenters. The number of Topliss-reactive ketones (excluding diaryl/α,β-unsaturated/α-hetero) is 1. The predicted octanol–water partition coefficient (Wildman–Crippen LogP) is 2.77. The molecule has 0 aromatic heterocycles. The van der Waals surface area contributed by atoms with Crippen molar-refractivity contribution in [3.8, 4) is 0 Å². The van der Waals surface area contributed by atoms with Crippen molar-refractivity contribution in [1.29, 1.82) is 0 Å². The quantitative estimate of drug-likeness (QED) is 0.797. The Bertz CT molecular complexity index is 251. The molecule has 0 bridgehead atoms. The Kier molecular flexibility index (Phi) is 4.01. The molecule has 0 aromatic rings. The van der Waals surface area contributed by atoms with E-state index in [0.29, 0.717) is 29.6 Å². The van der Waals surface area contributed by atoms with Crippen LogP contribution in [0.25, 0.3) is 0 Å². The van der Waals surface area contributed by atoms with Crippen molar-refractivity contribution in [2.45, 2.75) is 58.4 Å². The first-order chi connectivity index (χ1) is 7.74. The van der Waals surface area contributed by atoms with Gasteiger partial charge in [0.25, 0.3) is 0 Å². The molecule has 92 valence electrons. The third-order valence-corrected chi connectivity index (χ3v) is 4.69. The highest BCUT2D eigenvalue weighted by atomic mass is 16.1. The van der Waals surface area contributed by atoms with Crippen LogP contribution in [0.5, 0.6) is 0 Å². The molecule has 0 amide bonds. The summed E-state index contributed by atoms with van der Waals surface area (Å²) in [6, 6.07) is 0.409. The smallest absolute Gasteiger partial charge is 0.140 e. The average molecular weight is 223 g/mol. The van der Waals surface area contributed by atoms with Crippen LogP contribution in [0.15, 0.2) is 0 Å². The summed E-state index contributed by atoms with van der Waals surface area (Å²) < 4.78 is 0. The molecule has 0 spiro atoms. The van der Waals surface area contributed by atoms with Crippen molar-refractivity contribution >= 4 is 5.78 Å². The normalized spacial score (nSPS) is 39.9. The van der Waals surface area contributed by atoms with Crippen molar-refractivity contribution in [2.75, 3.05) is 6.54 Å². The first-order valence-corrected chi connectivity index (χ1v) is 7.01. The minimum absolute atomic E-state index is 0.303. The number of rotatable bonds is 3. The highest BCUT2D eigenvalue weighted by Crippen LogP contribution is 2.36. The maximum Gasteiger partial charge on any atom is 0.140 e. The molecule has 2 fully saturated rings. The standard InChI is InChI=1S/C14H25NO/c1-3-11-6-4-5-7-13(11)14(16)12-8-9-15-10(12)2/h10-13,15H,3-9H2,1-2H3. The molecule has 16 heavy (non-hydrogen) atoms. The van der Waals surface area contributed by atoms with Crippen molar-refractivity contribution in [3.05, 3.63) is 0 Å². The minimum atomic E-state index is 0.303. The fourth-order valence-corrected chi connectivity index (χ4v) is 3.59. The second kappa shape index (κ2) is 5.31. The highest BCUT2D eigenvalue weighted by Gasteiger charge is 2.37. The molecule has 0 radical (unpaired) electrons. The van der Waals surface area contributed by atoms with Gasteiger partial charge in [-0.05, 0) is 38.6 Å². The summed E-state index contributed by atoms with van der Waals surface area (Å²) in [6.07, 6.45) is 7.28. The lowest BCUT2D eigenvalue weighted by Crippen LogP contribution is -2.36. The molecule has 2 rings (SSSR count). The Morgan fingerprint density at radius 3 is 2.56 bits per heavy atom. The molecule has 4 atom stereocenters. The van der Waals surface area contributed by atoms with E-state index in [1.165, 1.54) is 25.7 Å². The highest BCUT2D eigenvalue weighted by molar-refractivity contribution is 5.84. The molecular formula is C14H25NO. The van der Waals surface area contributed by atoms with Gasteiger partial charge in [0.2, 0.25) is 0 Å². The number of hydrogen-bond donors (Lipinski definition) is 1. The number of carbonyl (C=O) groups excluding carboxylic acids is 1. The van der Waals surface area contributed by atoms with Crippen molar-refractivity contribution in [3.63, 3.8) is 0 Å². The van der Waals surface area contributed by atoms with Gasteiger partial charge in [0.05, 0.1) is 0 Å². The monoisotopic (exact) mass is 223 g/mol. The number of hydrogen-bond acceptors (Lipinski definition) is 2. The number of carbonyl (C=O) groups is 1. The summed E-state index contributed by atoms with van der Waals surface area (Å²) in [5, 5.41) is 3.40. The van der Waals surface area contributed by atoms with E-state index in [2.05, 4.69) is 19.2 Å². The van der Waals surface area contributed by atoms with Crippen LogP contribution in [0.2, 0.25) is 0 Å². The fourth-order valence-electron chi connectivity index (χ4n) is 3.59. The Morgan fingerprint density at radius 2 is 1.94 bits per heavy atom. The SMILES string of the molecule is CCC1CCCCC1C(=O)C1CCNC1C. The van der Waals surface area contributed by atoms with Crippen LogP contribution < -0.4 is 5.32 Å². The lowest BCUT2D eigenvalue weighted by Gasteiger charge is -2.32. The zero-order valence-electron chi connectivity index (χ0n) is 10.7. The van der Waals surface area contributed by atoms with Crippen LogP contribution in [0.3, 0.4) is 0 Å². The molecular weight excluding hydrogens is 198 g/mol. The topological polar surface area (TPSA) is 29.1 Å². The molecule has 1 N–H and O–H groups in total. The molecule has 1 saturated heterocycles. The van der Waals surface area contributed by atoms with Gasteiger partial charge < -0.3 is 5.32 Å². The zero-order chi connectivity index (χ0) is 11.5. The maximum absolute atomic E-state index is 12.5. The minimum Gasteiger partial charge on any atom is -0.314 e. The Morgan fingerprint density at radius 1 is 1.19 bits per heavy atom. The maximum atomic E-state index is 12.5. The molecule has 1 aliphatic carbocycles. The Hall–Kier alpha value is -0.370. The molecule has 2 nitrogen and oxygen atoms in total. The van der Waals surface area contributed by atoms with Crippen LogP contribution in [0.1, 0.15) is 52.4 Å². The van der Waals surface area contributed by atoms with E-state index in [4.69, 9.17) is 0 Å². The number of ketones is 1. The van der Waals surface area contributed by atoms with Crippen LogP contribution in [-0.2, 0) is 4.79 Å². The largest absolute Gasteiger partial charge is 0.314 e. The molecule has 1 saturated carbocycles. The predicted molar refractivity (Wildman–Crippen MR) is 66.3 cm³/mol. The van der Waals surface area contributed by atoms with Crippen molar-refractivity contribution in [2.24, 2.45) is 17.8 Å². The first kappa shape index (κ1) is 12.1. The summed E-state index contributed by atoms with van der Waals surface area (Å²) >= 11 is 0. The first-order valence-electron chi connectivity index (χ1n) is 7.01. The van der Waals surface area contributed by atoms with E-state index < -0.39 is 0 Å². The fraction of sp³-hybridized carbons (Fsp3) is 0.929. The molecule has 2 heteroatoms. The van der Waals surface area contributed by atoms with Crippen molar-refractivity contribution in [1.82, 2.24) is 5.32 Å². The Labute approximate surface area is 99.2 Å². The molecule has 2 aliphatic rings. The second-order valence-electron chi connectivity index (χ2n) is 5.60. The van der Waals surface area contributed by atoms with E-state index in [1.54, 1.807) is 0 Å². The van der Waals surface area contributed by atoms with Crippen LogP contribution in [0, 0.1) is 17.8 Å². The summed E-state index contributed by atoms with van der Waals surface area (Å²) in [4.78, 5) is 12.5. The van der Waals surface area contributed by atoms with E-state index in [9.17, 15) is 4.79 Å². The van der Waals surface area contributed by atoms with Gasteiger partial charge in [0.15, 0.2) is 0 Å². The molecule has 1 heterocycles. The lowest BCUT2D eigenvalue weighted by atomic mass is 9.72. The van der Waals surface area contributed by atoms with Gasteiger partial charge in [-0.3, -0.25) is 4.79 Å². The lowest BCUT2D eigenvalue weighted by molar-refractivity contribution is -0.129. The third-order valence-electron chi connectivity index (χ3n) is 4.69. The second-order valence-corrected chi connectivity index (χ2v) is 5.60. The van der Waals surface area contributed by atoms with Gasteiger partial charge in [-0.2, -0.15) is 0 Å². The molecule has 0 aromatic carbocycles.